The van der Waals surface area contributed by atoms with Crippen molar-refractivity contribution in [1.29, 1.82) is 0 Å². The third kappa shape index (κ3) is 3.80. The molecule has 22 heavy (non-hydrogen) atoms. The number of carbonyl (C=O) groups is 1. The molecule has 0 bridgehead atoms. The molecule has 0 aromatic heterocycles. The Morgan fingerprint density at radius 2 is 2.18 bits per heavy atom. The third-order valence-electron chi connectivity index (χ3n) is 4.53. The Labute approximate surface area is 136 Å². The Kier molecular flexibility index (Phi) is 5.34. The van der Waals surface area contributed by atoms with Gasteiger partial charge in [0, 0.05) is 24.2 Å². The molecule has 2 atom stereocenters. The zero-order chi connectivity index (χ0) is 15.4. The second-order valence-electron chi connectivity index (χ2n) is 6.09. The fraction of sp³-hybridized carbons (Fsp3) is 0.588. The van der Waals surface area contributed by atoms with E-state index in [2.05, 4.69) is 16.3 Å². The van der Waals surface area contributed by atoms with Crippen molar-refractivity contribution in [2.45, 2.75) is 37.8 Å². The molecule has 0 spiro atoms. The lowest BCUT2D eigenvalue weighted by molar-refractivity contribution is -0.123. The minimum atomic E-state index is 0.0782. The standard InChI is InChI=1S/C17H23ClN2O2/c18-15-7-2-1-6-14(15)16-8-3-9-20(16)12-17(21)19-11-13-5-4-10-22-13/h1-2,6-7,13,16H,3-5,8-12H2,(H,19,21). The molecule has 2 unspecified atom stereocenters. The average Bonchev–Trinajstić information content (AvgIpc) is 3.17. The van der Waals surface area contributed by atoms with Crippen LogP contribution in [0.4, 0.5) is 0 Å². The molecule has 2 aliphatic rings. The molecule has 4 nitrogen and oxygen atoms in total. The zero-order valence-corrected chi connectivity index (χ0v) is 13.5. The summed E-state index contributed by atoms with van der Waals surface area (Å²) in [5.41, 5.74) is 1.13. The normalized spacial score (nSPS) is 25.5. The lowest BCUT2D eigenvalue weighted by Gasteiger charge is -2.25. The molecule has 1 N–H and O–H groups in total. The molecular weight excluding hydrogens is 300 g/mol. The van der Waals surface area contributed by atoms with Gasteiger partial charge in [0.15, 0.2) is 0 Å². The van der Waals surface area contributed by atoms with E-state index in [1.165, 1.54) is 0 Å². The predicted molar refractivity (Wildman–Crippen MR) is 87.0 cm³/mol. The van der Waals surface area contributed by atoms with E-state index in [4.69, 9.17) is 16.3 Å². The van der Waals surface area contributed by atoms with Crippen molar-refractivity contribution in [1.82, 2.24) is 10.2 Å². The summed E-state index contributed by atoms with van der Waals surface area (Å²) in [4.78, 5) is 14.4. The van der Waals surface area contributed by atoms with E-state index in [1.54, 1.807) is 0 Å². The molecule has 0 aliphatic carbocycles. The van der Waals surface area contributed by atoms with Gasteiger partial charge in [0.2, 0.25) is 5.91 Å². The first-order valence-electron chi connectivity index (χ1n) is 8.11. The minimum absolute atomic E-state index is 0.0782. The summed E-state index contributed by atoms with van der Waals surface area (Å²) in [6, 6.07) is 8.19. The van der Waals surface area contributed by atoms with Gasteiger partial charge in [-0.1, -0.05) is 29.8 Å². The van der Waals surface area contributed by atoms with E-state index in [1.807, 2.05) is 18.2 Å². The number of nitrogens with one attached hydrogen (secondary N) is 1. The molecule has 2 saturated heterocycles. The molecule has 1 aromatic rings. The predicted octanol–water partition coefficient (Wildman–Crippen LogP) is 2.77. The number of benzene rings is 1. The fourth-order valence-corrected chi connectivity index (χ4v) is 3.65. The Balaban J connectivity index is 1.54. The Morgan fingerprint density at radius 1 is 1.32 bits per heavy atom. The highest BCUT2D eigenvalue weighted by Crippen LogP contribution is 2.35. The molecule has 120 valence electrons. The highest BCUT2D eigenvalue weighted by molar-refractivity contribution is 6.31. The van der Waals surface area contributed by atoms with Crippen LogP contribution in [0.5, 0.6) is 0 Å². The van der Waals surface area contributed by atoms with Crippen LogP contribution >= 0.6 is 11.6 Å². The molecule has 1 amide bonds. The summed E-state index contributed by atoms with van der Waals surface area (Å²) in [6.45, 7) is 2.83. The number of halogens is 1. The van der Waals surface area contributed by atoms with Crippen molar-refractivity contribution in [2.24, 2.45) is 0 Å². The number of hydrogen-bond acceptors (Lipinski definition) is 3. The van der Waals surface area contributed by atoms with Gasteiger partial charge in [-0.3, -0.25) is 9.69 Å². The van der Waals surface area contributed by atoms with Crippen LogP contribution in [0.1, 0.15) is 37.3 Å². The van der Waals surface area contributed by atoms with Gasteiger partial charge in [-0.2, -0.15) is 0 Å². The molecule has 1 aromatic carbocycles. The van der Waals surface area contributed by atoms with Crippen molar-refractivity contribution in [3.8, 4) is 0 Å². The lowest BCUT2D eigenvalue weighted by Crippen LogP contribution is -2.40. The van der Waals surface area contributed by atoms with Crippen LogP contribution in [0.15, 0.2) is 24.3 Å². The largest absolute Gasteiger partial charge is 0.376 e. The van der Waals surface area contributed by atoms with Gasteiger partial charge in [-0.25, -0.2) is 0 Å². The first-order valence-corrected chi connectivity index (χ1v) is 8.48. The molecule has 0 saturated carbocycles. The second-order valence-corrected chi connectivity index (χ2v) is 6.50. The highest BCUT2D eigenvalue weighted by Gasteiger charge is 2.29. The van der Waals surface area contributed by atoms with Crippen molar-refractivity contribution in [3.05, 3.63) is 34.9 Å². The van der Waals surface area contributed by atoms with Crippen molar-refractivity contribution in [2.75, 3.05) is 26.2 Å². The minimum Gasteiger partial charge on any atom is -0.376 e. The van der Waals surface area contributed by atoms with Crippen LogP contribution in [0.2, 0.25) is 5.02 Å². The summed E-state index contributed by atoms with van der Waals surface area (Å²) in [5.74, 6) is 0.0782. The first-order chi connectivity index (χ1) is 10.7. The van der Waals surface area contributed by atoms with Crippen LogP contribution in [0, 0.1) is 0 Å². The zero-order valence-electron chi connectivity index (χ0n) is 12.8. The van der Waals surface area contributed by atoms with Crippen LogP contribution < -0.4 is 5.32 Å². The Hall–Kier alpha value is -1.10. The van der Waals surface area contributed by atoms with Crippen LogP contribution in [-0.4, -0.2) is 43.2 Å². The number of amides is 1. The highest BCUT2D eigenvalue weighted by atomic mass is 35.5. The number of nitrogens with zero attached hydrogens (tertiary/aromatic N) is 1. The van der Waals surface area contributed by atoms with Gasteiger partial charge in [0.05, 0.1) is 12.6 Å². The number of likely N-dealkylation sites (tertiary alicyclic amines) is 1. The van der Waals surface area contributed by atoms with Gasteiger partial charge in [0.25, 0.3) is 0 Å². The second kappa shape index (κ2) is 7.44. The van der Waals surface area contributed by atoms with Crippen LogP contribution in [0.25, 0.3) is 0 Å². The van der Waals surface area contributed by atoms with Crippen LogP contribution in [-0.2, 0) is 9.53 Å². The number of ether oxygens (including phenoxy) is 1. The quantitative estimate of drug-likeness (QED) is 0.906. The maximum absolute atomic E-state index is 12.2. The summed E-state index contributed by atoms with van der Waals surface area (Å²) in [7, 11) is 0. The van der Waals surface area contributed by atoms with E-state index in [0.29, 0.717) is 13.1 Å². The van der Waals surface area contributed by atoms with Gasteiger partial charge in [0.1, 0.15) is 0 Å². The van der Waals surface area contributed by atoms with Gasteiger partial charge >= 0.3 is 0 Å². The molecule has 2 fully saturated rings. The van der Waals surface area contributed by atoms with Crippen molar-refractivity contribution >= 4 is 17.5 Å². The Morgan fingerprint density at radius 3 is 2.95 bits per heavy atom. The molecule has 2 aliphatic heterocycles. The SMILES string of the molecule is O=C(CN1CCCC1c1ccccc1Cl)NCC1CCCO1. The maximum Gasteiger partial charge on any atom is 0.234 e. The fourth-order valence-electron chi connectivity index (χ4n) is 3.39. The van der Waals surface area contributed by atoms with E-state index in [-0.39, 0.29) is 18.1 Å². The first kappa shape index (κ1) is 15.8. The van der Waals surface area contributed by atoms with E-state index >= 15 is 0 Å². The number of hydrogen-bond donors (Lipinski definition) is 1. The average molecular weight is 323 g/mol. The summed E-state index contributed by atoms with van der Waals surface area (Å²) in [5, 5.41) is 3.79. The maximum atomic E-state index is 12.2. The molecule has 0 radical (unpaired) electrons. The molecule has 3 rings (SSSR count). The third-order valence-corrected chi connectivity index (χ3v) is 4.87. The van der Waals surface area contributed by atoms with Gasteiger partial charge in [-0.15, -0.1) is 0 Å². The molecular formula is C17H23ClN2O2. The van der Waals surface area contributed by atoms with Crippen LogP contribution in [0.3, 0.4) is 0 Å². The van der Waals surface area contributed by atoms with Crippen molar-refractivity contribution in [3.63, 3.8) is 0 Å². The summed E-state index contributed by atoms with van der Waals surface area (Å²) >= 11 is 6.31. The van der Waals surface area contributed by atoms with E-state index in [9.17, 15) is 4.79 Å². The number of rotatable bonds is 5. The van der Waals surface area contributed by atoms with Gasteiger partial charge in [-0.05, 0) is 43.9 Å². The lowest BCUT2D eigenvalue weighted by atomic mass is 10.0. The number of carbonyl (C=O) groups excluding carboxylic acids is 1. The Bertz CT molecular complexity index is 517. The smallest absolute Gasteiger partial charge is 0.234 e. The molecule has 5 heteroatoms. The van der Waals surface area contributed by atoms with Crippen molar-refractivity contribution < 1.29 is 9.53 Å². The topological polar surface area (TPSA) is 41.6 Å². The summed E-state index contributed by atoms with van der Waals surface area (Å²) in [6.07, 6.45) is 4.51. The van der Waals surface area contributed by atoms with E-state index in [0.717, 1.165) is 49.4 Å². The summed E-state index contributed by atoms with van der Waals surface area (Å²) < 4.78 is 5.53. The van der Waals surface area contributed by atoms with Gasteiger partial charge < -0.3 is 10.1 Å². The van der Waals surface area contributed by atoms with E-state index < -0.39 is 0 Å². The molecule has 2 heterocycles. The monoisotopic (exact) mass is 322 g/mol.